The standard InChI is InChI=1S/C17H19NO5S/c1-2-12-5-9-15(10-6-12)24(22,23)18-16(17(20)21)11-13-3-7-14(19)8-4-13/h3-10,16,18-19H,2,11H2,1H3,(H,20,21)/t16-/m0/s1. The van der Waals surface area contributed by atoms with E-state index >= 15 is 0 Å². The number of carboxylic acids is 1. The highest BCUT2D eigenvalue weighted by atomic mass is 32.2. The Hall–Kier alpha value is -2.38. The van der Waals surface area contributed by atoms with Crippen LogP contribution in [0.3, 0.4) is 0 Å². The highest BCUT2D eigenvalue weighted by Crippen LogP contribution is 2.15. The molecular formula is C17H19NO5S. The maximum Gasteiger partial charge on any atom is 0.322 e. The molecule has 0 aliphatic rings. The zero-order valence-corrected chi connectivity index (χ0v) is 14.0. The maximum atomic E-state index is 12.4. The topological polar surface area (TPSA) is 104 Å². The Balaban J connectivity index is 2.19. The third-order valence-electron chi connectivity index (χ3n) is 3.61. The van der Waals surface area contributed by atoms with E-state index in [1.807, 2.05) is 6.92 Å². The summed E-state index contributed by atoms with van der Waals surface area (Å²) in [6.07, 6.45) is 0.758. The predicted molar refractivity (Wildman–Crippen MR) is 89.4 cm³/mol. The lowest BCUT2D eigenvalue weighted by Gasteiger charge is -2.15. The van der Waals surface area contributed by atoms with Crippen molar-refractivity contribution in [2.45, 2.75) is 30.7 Å². The largest absolute Gasteiger partial charge is 0.508 e. The molecule has 0 radical (unpaired) electrons. The fourth-order valence-electron chi connectivity index (χ4n) is 2.21. The fourth-order valence-corrected chi connectivity index (χ4v) is 3.40. The van der Waals surface area contributed by atoms with Crippen LogP contribution in [0.15, 0.2) is 53.4 Å². The third-order valence-corrected chi connectivity index (χ3v) is 5.10. The minimum Gasteiger partial charge on any atom is -0.508 e. The number of phenolic OH excluding ortho intramolecular Hbond substituents is 1. The number of nitrogens with one attached hydrogen (secondary N) is 1. The van der Waals surface area contributed by atoms with Gasteiger partial charge in [0, 0.05) is 0 Å². The number of hydrogen-bond donors (Lipinski definition) is 3. The van der Waals surface area contributed by atoms with Crippen LogP contribution in [0.2, 0.25) is 0 Å². The molecule has 1 atom stereocenters. The van der Waals surface area contributed by atoms with Crippen LogP contribution in [0.1, 0.15) is 18.1 Å². The molecule has 6 nitrogen and oxygen atoms in total. The predicted octanol–water partition coefficient (Wildman–Crippen LogP) is 1.93. The average Bonchev–Trinajstić information content (AvgIpc) is 2.56. The minimum absolute atomic E-state index is 0.0247. The second-order valence-electron chi connectivity index (χ2n) is 5.38. The molecule has 0 aliphatic carbocycles. The Bertz CT molecular complexity index is 798. The quantitative estimate of drug-likeness (QED) is 0.708. The number of aryl methyl sites for hydroxylation is 1. The van der Waals surface area contributed by atoms with Crippen molar-refractivity contribution in [2.24, 2.45) is 0 Å². The molecule has 0 saturated heterocycles. The van der Waals surface area contributed by atoms with Gasteiger partial charge in [0.2, 0.25) is 10.0 Å². The van der Waals surface area contributed by atoms with E-state index in [4.69, 9.17) is 0 Å². The molecule has 0 bridgehead atoms. The third kappa shape index (κ3) is 4.56. The number of hydrogen-bond acceptors (Lipinski definition) is 4. The molecule has 0 spiro atoms. The lowest BCUT2D eigenvalue weighted by atomic mass is 10.1. The minimum atomic E-state index is -3.94. The molecule has 0 heterocycles. The van der Waals surface area contributed by atoms with Crippen molar-refractivity contribution in [3.63, 3.8) is 0 Å². The van der Waals surface area contributed by atoms with E-state index in [2.05, 4.69) is 4.72 Å². The van der Waals surface area contributed by atoms with E-state index in [0.717, 1.165) is 12.0 Å². The van der Waals surface area contributed by atoms with Crippen molar-refractivity contribution in [1.29, 1.82) is 0 Å². The number of sulfonamides is 1. The summed E-state index contributed by atoms with van der Waals surface area (Å²) < 4.78 is 27.0. The number of benzene rings is 2. The van der Waals surface area contributed by atoms with Crippen LogP contribution in [0.4, 0.5) is 0 Å². The number of phenols is 1. The van der Waals surface area contributed by atoms with E-state index in [-0.39, 0.29) is 17.1 Å². The Morgan fingerprint density at radius 2 is 1.58 bits per heavy atom. The zero-order chi connectivity index (χ0) is 17.7. The van der Waals surface area contributed by atoms with Gasteiger partial charge in [-0.25, -0.2) is 8.42 Å². The summed E-state index contributed by atoms with van der Waals surface area (Å²) in [7, 11) is -3.94. The molecule has 0 fully saturated rings. The van der Waals surface area contributed by atoms with Crippen molar-refractivity contribution >= 4 is 16.0 Å². The van der Waals surface area contributed by atoms with Crippen LogP contribution < -0.4 is 4.72 Å². The number of carbonyl (C=O) groups is 1. The van der Waals surface area contributed by atoms with E-state index in [1.54, 1.807) is 24.3 Å². The first-order valence-corrected chi connectivity index (χ1v) is 8.92. The molecule has 2 aromatic rings. The van der Waals surface area contributed by atoms with Gasteiger partial charge in [-0.15, -0.1) is 0 Å². The summed E-state index contributed by atoms with van der Waals surface area (Å²) >= 11 is 0. The first-order chi connectivity index (χ1) is 11.3. The second-order valence-corrected chi connectivity index (χ2v) is 7.09. The SMILES string of the molecule is CCc1ccc(S(=O)(=O)N[C@@H](Cc2ccc(O)cc2)C(=O)O)cc1. The average molecular weight is 349 g/mol. The van der Waals surface area contributed by atoms with E-state index in [0.29, 0.717) is 5.56 Å². The monoisotopic (exact) mass is 349 g/mol. The molecule has 3 N–H and O–H groups in total. The van der Waals surface area contributed by atoms with Crippen LogP contribution in [0.5, 0.6) is 5.75 Å². The van der Waals surface area contributed by atoms with Crippen LogP contribution in [-0.2, 0) is 27.7 Å². The molecule has 0 amide bonds. The highest BCUT2D eigenvalue weighted by molar-refractivity contribution is 7.89. The van der Waals surface area contributed by atoms with Crippen molar-refractivity contribution in [2.75, 3.05) is 0 Å². The lowest BCUT2D eigenvalue weighted by molar-refractivity contribution is -0.138. The van der Waals surface area contributed by atoms with Crippen molar-refractivity contribution < 1.29 is 23.4 Å². The van der Waals surface area contributed by atoms with Gasteiger partial charge in [0.15, 0.2) is 0 Å². The molecule has 2 aromatic carbocycles. The Labute approximate surface area is 140 Å². The Kier molecular flexibility index (Phi) is 5.58. The molecule has 0 saturated carbocycles. The molecule has 128 valence electrons. The van der Waals surface area contributed by atoms with Gasteiger partial charge in [0.1, 0.15) is 11.8 Å². The summed E-state index contributed by atoms with van der Waals surface area (Å²) in [5.74, 6) is -1.21. The highest BCUT2D eigenvalue weighted by Gasteiger charge is 2.25. The molecule has 0 unspecified atom stereocenters. The first-order valence-electron chi connectivity index (χ1n) is 7.44. The first kappa shape index (κ1) is 18.0. The summed E-state index contributed by atoms with van der Waals surface area (Å²) in [6, 6.07) is 11.0. The number of rotatable bonds is 7. The van der Waals surface area contributed by atoms with Crippen LogP contribution in [0, 0.1) is 0 Å². The van der Waals surface area contributed by atoms with E-state index in [1.165, 1.54) is 24.3 Å². The van der Waals surface area contributed by atoms with E-state index in [9.17, 15) is 23.4 Å². The molecule has 2 rings (SSSR count). The number of aromatic hydroxyl groups is 1. The van der Waals surface area contributed by atoms with Gasteiger partial charge in [-0.1, -0.05) is 31.2 Å². The van der Waals surface area contributed by atoms with Gasteiger partial charge >= 0.3 is 5.97 Å². The molecule has 0 aromatic heterocycles. The van der Waals surface area contributed by atoms with Gasteiger partial charge in [-0.3, -0.25) is 4.79 Å². The van der Waals surface area contributed by atoms with Gasteiger partial charge in [-0.05, 0) is 48.2 Å². The smallest absolute Gasteiger partial charge is 0.322 e. The van der Waals surface area contributed by atoms with Crippen molar-refractivity contribution in [3.05, 3.63) is 59.7 Å². The fraction of sp³-hybridized carbons (Fsp3) is 0.235. The summed E-state index contributed by atoms with van der Waals surface area (Å²) in [5.41, 5.74) is 1.59. The summed E-state index contributed by atoms with van der Waals surface area (Å²) in [5, 5.41) is 18.6. The Morgan fingerprint density at radius 1 is 1.04 bits per heavy atom. The van der Waals surface area contributed by atoms with Gasteiger partial charge in [-0.2, -0.15) is 4.72 Å². The molecular weight excluding hydrogens is 330 g/mol. The van der Waals surface area contributed by atoms with Gasteiger partial charge in [0.05, 0.1) is 4.90 Å². The van der Waals surface area contributed by atoms with Gasteiger partial charge in [0.25, 0.3) is 0 Å². The van der Waals surface area contributed by atoms with Crippen molar-refractivity contribution in [1.82, 2.24) is 4.72 Å². The number of aliphatic carboxylic acids is 1. The maximum absolute atomic E-state index is 12.4. The zero-order valence-electron chi connectivity index (χ0n) is 13.1. The Morgan fingerprint density at radius 3 is 2.08 bits per heavy atom. The summed E-state index contributed by atoms with van der Waals surface area (Å²) in [6.45, 7) is 1.96. The van der Waals surface area contributed by atoms with Crippen LogP contribution >= 0.6 is 0 Å². The normalized spacial score (nSPS) is 12.7. The van der Waals surface area contributed by atoms with Crippen LogP contribution in [0.25, 0.3) is 0 Å². The lowest BCUT2D eigenvalue weighted by Crippen LogP contribution is -2.42. The molecule has 0 aliphatic heterocycles. The summed E-state index contributed by atoms with van der Waals surface area (Å²) in [4.78, 5) is 11.4. The van der Waals surface area contributed by atoms with Crippen LogP contribution in [-0.4, -0.2) is 30.6 Å². The molecule has 7 heteroatoms. The molecule has 24 heavy (non-hydrogen) atoms. The number of carboxylic acid groups (broad SMARTS) is 1. The van der Waals surface area contributed by atoms with Gasteiger partial charge < -0.3 is 10.2 Å². The van der Waals surface area contributed by atoms with E-state index < -0.39 is 22.0 Å². The van der Waals surface area contributed by atoms with Crippen molar-refractivity contribution in [3.8, 4) is 5.75 Å². The second kappa shape index (κ2) is 7.46.